The van der Waals surface area contributed by atoms with Gasteiger partial charge in [0.1, 0.15) is 0 Å². The maximum Gasteiger partial charge on any atom is 0.180 e. The molecule has 0 saturated heterocycles. The summed E-state index contributed by atoms with van der Waals surface area (Å²) < 4.78 is 0. The minimum absolute atomic E-state index is 0.554. The molecule has 1 heterocycles. The van der Waals surface area contributed by atoms with Crippen LogP contribution in [-0.4, -0.2) is 10.1 Å². The van der Waals surface area contributed by atoms with Crippen LogP contribution >= 0.6 is 11.3 Å². The quantitative estimate of drug-likeness (QED) is 0.575. The number of rotatable bonds is 6. The second kappa shape index (κ2) is 6.45. The summed E-state index contributed by atoms with van der Waals surface area (Å²) in [6.07, 6.45) is 6.80. The molecule has 0 fully saturated rings. The minimum Gasteiger partial charge on any atom is -0.515 e. The van der Waals surface area contributed by atoms with E-state index in [1.54, 1.807) is 0 Å². The molecule has 0 aliphatic rings. The largest absolute Gasteiger partial charge is 0.515 e. The molecule has 3 nitrogen and oxygen atoms in total. The Morgan fingerprint density at radius 1 is 1.53 bits per heavy atom. The van der Waals surface area contributed by atoms with Crippen LogP contribution in [0.1, 0.15) is 44.7 Å². The zero-order valence-electron chi connectivity index (χ0n) is 9.07. The summed E-state index contributed by atoms with van der Waals surface area (Å²) in [5.74, 6) is 0. The summed E-state index contributed by atoms with van der Waals surface area (Å²) >= 11 is 1.41. The van der Waals surface area contributed by atoms with Gasteiger partial charge in [-0.15, -0.1) is 11.3 Å². The molecular formula is C11H18N2OS. The van der Waals surface area contributed by atoms with Crippen molar-refractivity contribution in [2.45, 2.75) is 39.0 Å². The van der Waals surface area contributed by atoms with Gasteiger partial charge in [0.05, 0.1) is 12.0 Å². The lowest BCUT2D eigenvalue weighted by atomic mass is 10.1. The van der Waals surface area contributed by atoms with Crippen LogP contribution in [0, 0.1) is 0 Å². The van der Waals surface area contributed by atoms with Crippen LogP contribution in [0.2, 0.25) is 0 Å². The molecule has 0 aliphatic heterocycles. The van der Waals surface area contributed by atoms with Crippen molar-refractivity contribution in [1.29, 1.82) is 0 Å². The molecular weight excluding hydrogens is 208 g/mol. The first-order chi connectivity index (χ1) is 7.27. The van der Waals surface area contributed by atoms with E-state index in [2.05, 4.69) is 11.9 Å². The number of unbranched alkanes of at least 4 members (excludes halogenated alkanes) is 3. The first-order valence-corrected chi connectivity index (χ1v) is 6.20. The highest BCUT2D eigenvalue weighted by molar-refractivity contribution is 7.13. The number of nitrogen functional groups attached to an aromatic ring is 1. The van der Waals surface area contributed by atoms with Crippen molar-refractivity contribution in [1.82, 2.24) is 4.98 Å². The molecule has 1 aromatic heterocycles. The Bertz CT molecular complexity index is 320. The van der Waals surface area contributed by atoms with Gasteiger partial charge in [-0.05, 0) is 12.8 Å². The summed E-state index contributed by atoms with van der Waals surface area (Å²) in [5, 5.41) is 11.5. The molecule has 0 spiro atoms. The van der Waals surface area contributed by atoms with E-state index in [-0.39, 0.29) is 0 Å². The molecule has 0 amide bonds. The molecule has 0 atom stereocenters. The van der Waals surface area contributed by atoms with Crippen LogP contribution < -0.4 is 5.73 Å². The zero-order chi connectivity index (χ0) is 11.1. The number of hydrogen-bond donors (Lipinski definition) is 2. The molecule has 1 aromatic rings. The Morgan fingerprint density at radius 2 is 2.33 bits per heavy atom. The lowest BCUT2D eigenvalue weighted by Gasteiger charge is -2.02. The van der Waals surface area contributed by atoms with Crippen molar-refractivity contribution >= 4 is 22.0 Å². The second-order valence-electron chi connectivity index (χ2n) is 3.54. The summed E-state index contributed by atoms with van der Waals surface area (Å²) in [5.41, 5.74) is 7.25. The van der Waals surface area contributed by atoms with Gasteiger partial charge in [0, 0.05) is 11.0 Å². The minimum atomic E-state index is 0.554. The molecule has 0 unspecified atom stereocenters. The van der Waals surface area contributed by atoms with E-state index in [1.165, 1.54) is 30.6 Å². The maximum absolute atomic E-state index is 9.11. The molecule has 0 aromatic carbocycles. The predicted molar refractivity (Wildman–Crippen MR) is 65.9 cm³/mol. The van der Waals surface area contributed by atoms with Gasteiger partial charge in [0.2, 0.25) is 0 Å². The highest BCUT2D eigenvalue weighted by Crippen LogP contribution is 2.23. The van der Waals surface area contributed by atoms with Crippen LogP contribution in [0.5, 0.6) is 0 Å². The molecule has 0 saturated carbocycles. The van der Waals surface area contributed by atoms with Gasteiger partial charge in [-0.1, -0.05) is 26.2 Å². The van der Waals surface area contributed by atoms with Gasteiger partial charge < -0.3 is 10.8 Å². The van der Waals surface area contributed by atoms with Crippen molar-refractivity contribution < 1.29 is 5.11 Å². The fourth-order valence-electron chi connectivity index (χ4n) is 1.44. The van der Waals surface area contributed by atoms with E-state index in [1.807, 2.05) is 5.38 Å². The molecule has 0 aliphatic carbocycles. The Balaban J connectivity index is 2.44. The monoisotopic (exact) mass is 226 g/mol. The Morgan fingerprint density at radius 3 is 2.87 bits per heavy atom. The second-order valence-corrected chi connectivity index (χ2v) is 4.43. The third-order valence-corrected chi connectivity index (χ3v) is 2.98. The van der Waals surface area contributed by atoms with Crippen LogP contribution in [0.15, 0.2) is 11.6 Å². The van der Waals surface area contributed by atoms with Crippen molar-refractivity contribution in [3.05, 3.63) is 17.3 Å². The van der Waals surface area contributed by atoms with Crippen LogP contribution in [0.25, 0.3) is 5.57 Å². The number of nitrogens with two attached hydrogens (primary N) is 1. The fraction of sp³-hybridized carbons (Fsp3) is 0.545. The first kappa shape index (κ1) is 12.0. The predicted octanol–water partition coefficient (Wildman–Crippen LogP) is 3.59. The van der Waals surface area contributed by atoms with E-state index in [0.717, 1.165) is 30.4 Å². The highest BCUT2D eigenvalue weighted by atomic mass is 32.1. The summed E-state index contributed by atoms with van der Waals surface area (Å²) in [7, 11) is 0. The van der Waals surface area contributed by atoms with Crippen LogP contribution in [-0.2, 0) is 0 Å². The van der Waals surface area contributed by atoms with E-state index in [4.69, 9.17) is 10.8 Å². The maximum atomic E-state index is 9.11. The van der Waals surface area contributed by atoms with Gasteiger partial charge in [0.15, 0.2) is 5.13 Å². The van der Waals surface area contributed by atoms with Crippen LogP contribution in [0.3, 0.4) is 0 Å². The smallest absolute Gasteiger partial charge is 0.180 e. The van der Waals surface area contributed by atoms with E-state index < -0.39 is 0 Å². The van der Waals surface area contributed by atoms with Gasteiger partial charge in [-0.3, -0.25) is 0 Å². The number of aliphatic hydroxyl groups is 1. The number of hydrogen-bond acceptors (Lipinski definition) is 4. The molecule has 4 heteroatoms. The molecule has 15 heavy (non-hydrogen) atoms. The van der Waals surface area contributed by atoms with Crippen molar-refractivity contribution in [3.63, 3.8) is 0 Å². The van der Waals surface area contributed by atoms with Crippen molar-refractivity contribution in [2.75, 3.05) is 5.73 Å². The number of anilines is 1. The molecule has 84 valence electrons. The third kappa shape index (κ3) is 3.91. The lowest BCUT2D eigenvalue weighted by molar-refractivity contribution is 0.473. The number of aromatic nitrogens is 1. The zero-order valence-corrected chi connectivity index (χ0v) is 9.89. The van der Waals surface area contributed by atoms with Crippen molar-refractivity contribution in [2.24, 2.45) is 0 Å². The average molecular weight is 226 g/mol. The topological polar surface area (TPSA) is 59.1 Å². The summed E-state index contributed by atoms with van der Waals surface area (Å²) in [6.45, 7) is 2.18. The molecule has 1 rings (SSSR count). The fourth-order valence-corrected chi connectivity index (χ4v) is 2.02. The summed E-state index contributed by atoms with van der Waals surface area (Å²) in [6, 6.07) is 0. The molecule has 3 N–H and O–H groups in total. The Hall–Kier alpha value is -1.03. The number of nitrogens with zero attached hydrogens (tertiary/aromatic N) is 1. The van der Waals surface area contributed by atoms with Gasteiger partial charge in [0.25, 0.3) is 0 Å². The van der Waals surface area contributed by atoms with Gasteiger partial charge in [-0.25, -0.2) is 4.98 Å². The van der Waals surface area contributed by atoms with Gasteiger partial charge >= 0.3 is 0 Å². The number of allylic oxidation sites excluding steroid dienone is 1. The Kier molecular flexibility index (Phi) is 5.18. The standard InChI is InChI=1S/C11H18N2OS/c1-2-3-4-5-6-9(7-14)10-8-15-11(12)13-10/h7-8,14H,2-6H2,1H3,(H2,12,13)/b9-7-. The third-order valence-electron chi connectivity index (χ3n) is 2.31. The van der Waals surface area contributed by atoms with Crippen LogP contribution in [0.4, 0.5) is 5.13 Å². The van der Waals surface area contributed by atoms with E-state index >= 15 is 0 Å². The lowest BCUT2D eigenvalue weighted by Crippen LogP contribution is -1.88. The highest BCUT2D eigenvalue weighted by Gasteiger charge is 2.05. The number of aliphatic hydroxyl groups excluding tert-OH is 1. The van der Waals surface area contributed by atoms with Gasteiger partial charge in [-0.2, -0.15) is 0 Å². The number of thiazole rings is 1. The van der Waals surface area contributed by atoms with E-state index in [9.17, 15) is 0 Å². The molecule has 0 radical (unpaired) electrons. The van der Waals surface area contributed by atoms with Crippen molar-refractivity contribution in [3.8, 4) is 0 Å². The molecule has 0 bridgehead atoms. The normalized spacial score (nSPS) is 11.9. The first-order valence-electron chi connectivity index (χ1n) is 5.32. The Labute approximate surface area is 94.7 Å². The summed E-state index contributed by atoms with van der Waals surface area (Å²) in [4.78, 5) is 4.15. The van der Waals surface area contributed by atoms with E-state index in [0.29, 0.717) is 5.13 Å². The SMILES string of the molecule is CCCCCC/C(=C/O)c1csc(N)n1. The average Bonchev–Trinajstić information content (AvgIpc) is 2.65.